The maximum Gasteiger partial charge on any atom is 0.235 e. The molecule has 0 aliphatic carbocycles. The lowest BCUT2D eigenvalue weighted by atomic mass is 10.1. The molecule has 0 bridgehead atoms. The van der Waals surface area contributed by atoms with Crippen LogP contribution in [0, 0.1) is 5.92 Å². The molecule has 0 unspecified atom stereocenters. The molecule has 1 rings (SSSR count). The molecule has 0 saturated carbocycles. The SMILES string of the molecule is CC(C)CCN(CC(=O)NCc1ccco1)S(C)(=O)=O. The second-order valence-corrected chi connectivity index (χ2v) is 7.12. The summed E-state index contributed by atoms with van der Waals surface area (Å²) in [7, 11) is -3.38. The Balaban J connectivity index is 2.49. The summed E-state index contributed by atoms with van der Waals surface area (Å²) in [6.45, 7) is 4.47. The Kier molecular flexibility index (Phi) is 6.22. The number of carbonyl (C=O) groups is 1. The molecule has 0 saturated heterocycles. The minimum Gasteiger partial charge on any atom is -0.467 e. The fraction of sp³-hybridized carbons (Fsp3) is 0.615. The zero-order valence-electron chi connectivity index (χ0n) is 12.1. The monoisotopic (exact) mass is 302 g/mol. The summed E-state index contributed by atoms with van der Waals surface area (Å²) in [5, 5.41) is 2.64. The number of nitrogens with one attached hydrogen (secondary N) is 1. The summed E-state index contributed by atoms with van der Waals surface area (Å²) in [6, 6.07) is 3.47. The average molecular weight is 302 g/mol. The van der Waals surface area contributed by atoms with Crippen molar-refractivity contribution in [2.75, 3.05) is 19.3 Å². The van der Waals surface area contributed by atoms with Crippen LogP contribution in [-0.2, 0) is 21.4 Å². The molecular weight excluding hydrogens is 280 g/mol. The average Bonchev–Trinajstić information content (AvgIpc) is 2.83. The van der Waals surface area contributed by atoms with Crippen LogP contribution in [0.1, 0.15) is 26.0 Å². The fourth-order valence-electron chi connectivity index (χ4n) is 1.58. The second kappa shape index (κ2) is 7.44. The highest BCUT2D eigenvalue weighted by molar-refractivity contribution is 7.88. The first-order chi connectivity index (χ1) is 9.29. The van der Waals surface area contributed by atoms with E-state index in [0.29, 0.717) is 18.2 Å². The standard InChI is InChI=1S/C13H22N2O4S/c1-11(2)6-7-15(20(3,17)18)10-13(16)14-9-12-5-4-8-19-12/h4-5,8,11H,6-7,9-10H2,1-3H3,(H,14,16). The molecule has 1 aromatic heterocycles. The van der Waals surface area contributed by atoms with Crippen molar-refractivity contribution >= 4 is 15.9 Å². The van der Waals surface area contributed by atoms with Gasteiger partial charge in [-0.3, -0.25) is 4.79 Å². The van der Waals surface area contributed by atoms with E-state index in [2.05, 4.69) is 5.32 Å². The van der Waals surface area contributed by atoms with E-state index in [4.69, 9.17) is 4.42 Å². The molecule has 1 amide bonds. The highest BCUT2D eigenvalue weighted by Crippen LogP contribution is 2.06. The number of nitrogens with zero attached hydrogens (tertiary/aromatic N) is 1. The molecule has 1 heterocycles. The van der Waals surface area contributed by atoms with Crippen LogP contribution >= 0.6 is 0 Å². The van der Waals surface area contributed by atoms with Crippen molar-refractivity contribution in [1.29, 1.82) is 0 Å². The number of hydrogen-bond donors (Lipinski definition) is 1. The van der Waals surface area contributed by atoms with E-state index < -0.39 is 10.0 Å². The van der Waals surface area contributed by atoms with Gasteiger partial charge in [0.1, 0.15) is 5.76 Å². The Morgan fingerprint density at radius 3 is 2.65 bits per heavy atom. The van der Waals surface area contributed by atoms with Crippen LogP contribution in [0.3, 0.4) is 0 Å². The van der Waals surface area contributed by atoms with Gasteiger partial charge in [0.2, 0.25) is 15.9 Å². The lowest BCUT2D eigenvalue weighted by Gasteiger charge is -2.20. The van der Waals surface area contributed by atoms with Gasteiger partial charge in [-0.2, -0.15) is 4.31 Å². The molecule has 0 atom stereocenters. The highest BCUT2D eigenvalue weighted by atomic mass is 32.2. The third kappa shape index (κ3) is 6.21. The third-order valence-corrected chi connectivity index (χ3v) is 4.03. The van der Waals surface area contributed by atoms with Crippen LogP contribution in [-0.4, -0.2) is 38.0 Å². The van der Waals surface area contributed by atoms with Crippen LogP contribution in [0.5, 0.6) is 0 Å². The first kappa shape index (κ1) is 16.7. The molecule has 0 radical (unpaired) electrons. The number of rotatable bonds is 8. The zero-order valence-corrected chi connectivity index (χ0v) is 12.9. The number of furan rings is 1. The van der Waals surface area contributed by atoms with E-state index in [0.717, 1.165) is 12.7 Å². The maximum atomic E-state index is 11.8. The first-order valence-corrected chi connectivity index (χ1v) is 8.38. The molecule has 0 spiro atoms. The lowest BCUT2D eigenvalue weighted by molar-refractivity contribution is -0.121. The zero-order chi connectivity index (χ0) is 15.2. The molecule has 7 heteroatoms. The molecule has 20 heavy (non-hydrogen) atoms. The Morgan fingerprint density at radius 2 is 2.15 bits per heavy atom. The van der Waals surface area contributed by atoms with Crippen molar-refractivity contribution < 1.29 is 17.6 Å². The van der Waals surface area contributed by atoms with E-state index in [1.165, 1.54) is 10.6 Å². The van der Waals surface area contributed by atoms with Gasteiger partial charge in [0.15, 0.2) is 0 Å². The largest absolute Gasteiger partial charge is 0.467 e. The minimum atomic E-state index is -3.38. The smallest absolute Gasteiger partial charge is 0.235 e. The predicted octanol–water partition coefficient (Wildman–Crippen LogP) is 1.20. The van der Waals surface area contributed by atoms with Gasteiger partial charge >= 0.3 is 0 Å². The van der Waals surface area contributed by atoms with Gasteiger partial charge in [-0.05, 0) is 24.5 Å². The van der Waals surface area contributed by atoms with Crippen molar-refractivity contribution in [3.05, 3.63) is 24.2 Å². The van der Waals surface area contributed by atoms with E-state index in [9.17, 15) is 13.2 Å². The van der Waals surface area contributed by atoms with Crippen LogP contribution in [0.2, 0.25) is 0 Å². The quantitative estimate of drug-likeness (QED) is 0.782. The number of carbonyl (C=O) groups excluding carboxylic acids is 1. The molecule has 114 valence electrons. The van der Waals surface area contributed by atoms with Gasteiger partial charge in [0.25, 0.3) is 0 Å². The van der Waals surface area contributed by atoms with Crippen molar-refractivity contribution in [2.24, 2.45) is 5.92 Å². The Labute approximate surface area is 120 Å². The molecule has 0 aromatic carbocycles. The second-order valence-electron chi connectivity index (χ2n) is 5.14. The highest BCUT2D eigenvalue weighted by Gasteiger charge is 2.20. The van der Waals surface area contributed by atoms with Gasteiger partial charge < -0.3 is 9.73 Å². The summed E-state index contributed by atoms with van der Waals surface area (Å²) in [4.78, 5) is 11.8. The Hall–Kier alpha value is -1.34. The first-order valence-electron chi connectivity index (χ1n) is 6.53. The number of amides is 1. The van der Waals surface area contributed by atoms with Gasteiger partial charge in [0, 0.05) is 6.54 Å². The normalized spacial score (nSPS) is 12.1. The van der Waals surface area contributed by atoms with E-state index in [1.807, 2.05) is 13.8 Å². The van der Waals surface area contributed by atoms with Gasteiger partial charge in [-0.1, -0.05) is 13.8 Å². The van der Waals surface area contributed by atoms with Crippen molar-refractivity contribution in [3.63, 3.8) is 0 Å². The van der Waals surface area contributed by atoms with Gasteiger partial charge in [0.05, 0.1) is 25.6 Å². The number of hydrogen-bond acceptors (Lipinski definition) is 4. The summed E-state index contributed by atoms with van der Waals surface area (Å²) in [5.74, 6) is 0.674. The Morgan fingerprint density at radius 1 is 1.45 bits per heavy atom. The van der Waals surface area contributed by atoms with Gasteiger partial charge in [-0.25, -0.2) is 8.42 Å². The molecule has 1 aromatic rings. The van der Waals surface area contributed by atoms with E-state index in [-0.39, 0.29) is 19.0 Å². The molecule has 0 aliphatic rings. The molecule has 1 N–H and O–H groups in total. The molecular formula is C13H22N2O4S. The molecule has 6 nitrogen and oxygen atoms in total. The topological polar surface area (TPSA) is 79.6 Å². The van der Waals surface area contributed by atoms with Crippen LogP contribution in [0.15, 0.2) is 22.8 Å². The lowest BCUT2D eigenvalue weighted by Crippen LogP contribution is -2.40. The summed E-state index contributed by atoms with van der Waals surface area (Å²) in [6.07, 6.45) is 3.36. The van der Waals surface area contributed by atoms with Gasteiger partial charge in [-0.15, -0.1) is 0 Å². The maximum absolute atomic E-state index is 11.8. The van der Waals surface area contributed by atoms with Crippen molar-refractivity contribution in [3.8, 4) is 0 Å². The van der Waals surface area contributed by atoms with E-state index in [1.54, 1.807) is 12.1 Å². The Bertz CT molecular complexity index is 508. The van der Waals surface area contributed by atoms with Crippen LogP contribution in [0.4, 0.5) is 0 Å². The van der Waals surface area contributed by atoms with Crippen molar-refractivity contribution in [2.45, 2.75) is 26.8 Å². The summed E-state index contributed by atoms with van der Waals surface area (Å²) >= 11 is 0. The third-order valence-electron chi connectivity index (χ3n) is 2.78. The number of sulfonamides is 1. The minimum absolute atomic E-state index is 0.160. The summed E-state index contributed by atoms with van der Waals surface area (Å²) < 4.78 is 29.6. The molecule has 0 aliphatic heterocycles. The van der Waals surface area contributed by atoms with E-state index >= 15 is 0 Å². The predicted molar refractivity (Wildman–Crippen MR) is 76.4 cm³/mol. The van der Waals surface area contributed by atoms with Crippen molar-refractivity contribution in [1.82, 2.24) is 9.62 Å². The van der Waals surface area contributed by atoms with Crippen LogP contribution in [0.25, 0.3) is 0 Å². The van der Waals surface area contributed by atoms with Crippen LogP contribution < -0.4 is 5.32 Å². The molecule has 0 fully saturated rings. The summed E-state index contributed by atoms with van der Waals surface area (Å²) in [5.41, 5.74) is 0. The fourth-order valence-corrected chi connectivity index (χ4v) is 2.37.